The maximum absolute atomic E-state index is 12.8. The van der Waals surface area contributed by atoms with E-state index < -0.39 is 6.10 Å². The van der Waals surface area contributed by atoms with Crippen molar-refractivity contribution in [3.8, 4) is 5.75 Å². The third kappa shape index (κ3) is 5.73. The molecule has 2 fully saturated rings. The first-order chi connectivity index (χ1) is 13.9. The molecule has 0 aromatic heterocycles. The second-order valence-electron chi connectivity index (χ2n) is 9.01. The van der Waals surface area contributed by atoms with Crippen LogP contribution in [0.15, 0.2) is 18.2 Å². The number of ether oxygens (including phenoxy) is 1. The lowest BCUT2D eigenvalue weighted by Gasteiger charge is -2.50. The van der Waals surface area contributed by atoms with Gasteiger partial charge in [0, 0.05) is 38.3 Å². The molecule has 0 unspecified atom stereocenters. The van der Waals surface area contributed by atoms with Crippen molar-refractivity contribution in [3.63, 3.8) is 0 Å². The molecule has 162 valence electrons. The van der Waals surface area contributed by atoms with Gasteiger partial charge in [-0.25, -0.2) is 0 Å². The predicted octanol–water partition coefficient (Wildman–Crippen LogP) is 3.53. The van der Waals surface area contributed by atoms with E-state index in [1.165, 1.54) is 32.1 Å². The van der Waals surface area contributed by atoms with E-state index >= 15 is 0 Å². The summed E-state index contributed by atoms with van der Waals surface area (Å²) in [6.45, 7) is 14.5. The number of hydrogen-bond donors (Lipinski definition) is 1. The zero-order chi connectivity index (χ0) is 20.9. The number of aryl methyl sites for hydroxylation is 2. The van der Waals surface area contributed by atoms with Crippen molar-refractivity contribution in [2.45, 2.75) is 71.4 Å². The van der Waals surface area contributed by atoms with E-state index in [9.17, 15) is 4.79 Å². The number of likely N-dealkylation sites (N-methyl/N-ethyl adjacent to an activating group) is 1. The topological polar surface area (TPSA) is 44.8 Å². The summed E-state index contributed by atoms with van der Waals surface area (Å²) in [5, 5.41) is 3.25. The fraction of sp³-hybridized carbons (Fsp3) is 0.708. The summed E-state index contributed by atoms with van der Waals surface area (Å²) in [5.74, 6) is 0.759. The molecular weight excluding hydrogens is 362 g/mol. The van der Waals surface area contributed by atoms with Crippen molar-refractivity contribution >= 4 is 5.91 Å². The van der Waals surface area contributed by atoms with Gasteiger partial charge in [-0.2, -0.15) is 0 Å². The summed E-state index contributed by atoms with van der Waals surface area (Å²) in [6.07, 6.45) is 5.72. The molecule has 1 aliphatic carbocycles. The van der Waals surface area contributed by atoms with Crippen molar-refractivity contribution in [1.82, 2.24) is 15.1 Å². The summed E-state index contributed by atoms with van der Waals surface area (Å²) < 4.78 is 5.95. The second kappa shape index (κ2) is 9.94. The Bertz CT molecular complexity index is 656. The summed E-state index contributed by atoms with van der Waals surface area (Å²) in [4.78, 5) is 18.0. The van der Waals surface area contributed by atoms with Crippen molar-refractivity contribution in [3.05, 3.63) is 29.3 Å². The van der Waals surface area contributed by atoms with Crippen LogP contribution in [-0.4, -0.2) is 66.6 Å². The minimum absolute atomic E-state index is 0.0127. The molecule has 1 aromatic rings. The molecule has 0 bridgehead atoms. The van der Waals surface area contributed by atoms with E-state index in [2.05, 4.69) is 42.0 Å². The first-order valence-corrected chi connectivity index (χ1v) is 11.4. The highest BCUT2D eigenvalue weighted by atomic mass is 16.5. The lowest BCUT2D eigenvalue weighted by Crippen LogP contribution is -2.62. The van der Waals surface area contributed by atoms with Crippen molar-refractivity contribution in [2.24, 2.45) is 0 Å². The van der Waals surface area contributed by atoms with Gasteiger partial charge in [-0.15, -0.1) is 0 Å². The average molecular weight is 402 g/mol. The molecule has 5 nitrogen and oxygen atoms in total. The molecule has 3 rings (SSSR count). The highest BCUT2D eigenvalue weighted by Gasteiger charge is 2.39. The van der Waals surface area contributed by atoms with Crippen LogP contribution in [0.2, 0.25) is 0 Å². The Labute approximate surface area is 176 Å². The molecule has 1 aromatic carbocycles. The van der Waals surface area contributed by atoms with Crippen molar-refractivity contribution in [1.29, 1.82) is 0 Å². The van der Waals surface area contributed by atoms with Crippen LogP contribution in [0.4, 0.5) is 0 Å². The first-order valence-electron chi connectivity index (χ1n) is 11.4. The monoisotopic (exact) mass is 401 g/mol. The Morgan fingerprint density at radius 1 is 1.07 bits per heavy atom. The minimum atomic E-state index is -0.492. The van der Waals surface area contributed by atoms with E-state index in [1.54, 1.807) is 0 Å². The molecule has 1 atom stereocenters. The molecule has 1 N–H and O–H groups in total. The SMILES string of the molecule is CCN1CCN(C2(CNC(=O)[C@H](C)Oc3cc(C)cc(C)c3)CCCCC2)CC1. The van der Waals surface area contributed by atoms with Crippen LogP contribution in [-0.2, 0) is 4.79 Å². The van der Waals surface area contributed by atoms with Gasteiger partial charge >= 0.3 is 0 Å². The van der Waals surface area contributed by atoms with Gasteiger partial charge in [0.1, 0.15) is 5.75 Å². The lowest BCUT2D eigenvalue weighted by atomic mass is 9.79. The molecule has 2 aliphatic rings. The molecular formula is C24H39N3O2. The fourth-order valence-corrected chi connectivity index (χ4v) is 5.01. The summed E-state index contributed by atoms with van der Waals surface area (Å²) in [7, 11) is 0. The third-order valence-corrected chi connectivity index (χ3v) is 6.74. The van der Waals surface area contributed by atoms with Crippen LogP contribution in [0.25, 0.3) is 0 Å². The normalized spacial score (nSPS) is 21.5. The third-order valence-electron chi connectivity index (χ3n) is 6.74. The molecule has 1 saturated carbocycles. The van der Waals surface area contributed by atoms with Gasteiger partial charge in [0.25, 0.3) is 5.91 Å². The van der Waals surface area contributed by atoms with Crippen molar-refractivity contribution < 1.29 is 9.53 Å². The Morgan fingerprint density at radius 3 is 2.28 bits per heavy atom. The maximum atomic E-state index is 12.8. The van der Waals surface area contributed by atoms with Crippen LogP contribution in [0.5, 0.6) is 5.75 Å². The zero-order valence-corrected chi connectivity index (χ0v) is 18.8. The van der Waals surface area contributed by atoms with Gasteiger partial charge in [-0.1, -0.05) is 32.3 Å². The number of hydrogen-bond acceptors (Lipinski definition) is 4. The number of carbonyl (C=O) groups excluding carboxylic acids is 1. The van der Waals surface area contributed by atoms with Crippen LogP contribution in [0.1, 0.15) is 57.1 Å². The number of piperazine rings is 1. The van der Waals surface area contributed by atoms with Crippen LogP contribution < -0.4 is 10.1 Å². The van der Waals surface area contributed by atoms with Crippen LogP contribution in [0.3, 0.4) is 0 Å². The average Bonchev–Trinajstić information content (AvgIpc) is 2.72. The second-order valence-corrected chi connectivity index (χ2v) is 9.01. The molecule has 1 heterocycles. The Balaban J connectivity index is 1.59. The maximum Gasteiger partial charge on any atom is 0.260 e. The Kier molecular flexibility index (Phi) is 7.58. The first kappa shape index (κ1) is 22.1. The number of amides is 1. The highest BCUT2D eigenvalue weighted by Crippen LogP contribution is 2.34. The Morgan fingerprint density at radius 2 is 1.69 bits per heavy atom. The standard InChI is InChI=1S/C24H39N3O2/c1-5-26-11-13-27(14-12-26)24(9-7-6-8-10-24)18-25-23(28)21(4)29-22-16-19(2)15-20(3)17-22/h15-17,21H,5-14,18H2,1-4H3,(H,25,28)/t21-/m0/s1. The van der Waals surface area contributed by atoms with E-state index in [4.69, 9.17) is 4.74 Å². The molecule has 1 aliphatic heterocycles. The molecule has 0 radical (unpaired) electrons. The number of nitrogens with zero attached hydrogens (tertiary/aromatic N) is 2. The minimum Gasteiger partial charge on any atom is -0.481 e. The van der Waals surface area contributed by atoms with E-state index in [0.717, 1.165) is 56.1 Å². The highest BCUT2D eigenvalue weighted by molar-refractivity contribution is 5.80. The van der Waals surface area contributed by atoms with Gasteiger partial charge in [-0.3, -0.25) is 9.69 Å². The Hall–Kier alpha value is -1.59. The summed E-state index contributed by atoms with van der Waals surface area (Å²) in [6, 6.07) is 6.10. The van der Waals surface area contributed by atoms with Gasteiger partial charge in [0.2, 0.25) is 0 Å². The number of nitrogens with one attached hydrogen (secondary N) is 1. The van der Waals surface area contributed by atoms with E-state index in [1.807, 2.05) is 19.1 Å². The zero-order valence-electron chi connectivity index (χ0n) is 18.8. The van der Waals surface area contributed by atoms with E-state index in [0.29, 0.717) is 0 Å². The molecule has 5 heteroatoms. The smallest absolute Gasteiger partial charge is 0.260 e. The van der Waals surface area contributed by atoms with Gasteiger partial charge < -0.3 is 15.0 Å². The molecule has 29 heavy (non-hydrogen) atoms. The van der Waals surface area contributed by atoms with Crippen LogP contribution >= 0.6 is 0 Å². The lowest BCUT2D eigenvalue weighted by molar-refractivity contribution is -0.128. The van der Waals surface area contributed by atoms with Crippen molar-refractivity contribution in [2.75, 3.05) is 39.3 Å². The van der Waals surface area contributed by atoms with Gasteiger partial charge in [-0.05, 0) is 63.4 Å². The number of rotatable bonds is 7. The number of benzene rings is 1. The molecule has 1 saturated heterocycles. The van der Waals surface area contributed by atoms with Gasteiger partial charge in [0.15, 0.2) is 6.10 Å². The van der Waals surface area contributed by atoms with E-state index in [-0.39, 0.29) is 11.4 Å². The fourth-order valence-electron chi connectivity index (χ4n) is 5.01. The van der Waals surface area contributed by atoms with Gasteiger partial charge in [0.05, 0.1) is 0 Å². The quantitative estimate of drug-likeness (QED) is 0.759. The largest absolute Gasteiger partial charge is 0.481 e. The predicted molar refractivity (Wildman–Crippen MR) is 119 cm³/mol. The number of carbonyl (C=O) groups is 1. The van der Waals surface area contributed by atoms with Crippen LogP contribution in [0, 0.1) is 13.8 Å². The summed E-state index contributed by atoms with van der Waals surface area (Å²) in [5.41, 5.74) is 2.42. The molecule has 0 spiro atoms. The molecule has 1 amide bonds. The summed E-state index contributed by atoms with van der Waals surface area (Å²) >= 11 is 0.